The maximum absolute atomic E-state index is 13.5. The van der Waals surface area contributed by atoms with Gasteiger partial charge in [-0.1, -0.05) is 30.9 Å². The van der Waals surface area contributed by atoms with Crippen molar-refractivity contribution in [3.8, 4) is 5.75 Å². The molecular weight excluding hydrogens is 269 g/mol. The summed E-state index contributed by atoms with van der Waals surface area (Å²) in [5, 5.41) is 2.72. The zero-order valence-corrected chi connectivity index (χ0v) is 11.5. The van der Waals surface area contributed by atoms with Gasteiger partial charge >= 0.3 is 0 Å². The Morgan fingerprint density at radius 1 is 1.19 bits per heavy atom. The van der Waals surface area contributed by atoms with Crippen LogP contribution in [0.5, 0.6) is 5.75 Å². The van der Waals surface area contributed by atoms with Gasteiger partial charge in [-0.05, 0) is 35.9 Å². The monoisotopic (exact) mass is 285 g/mol. The number of nitrogens with one attached hydrogen (secondary N) is 1. The number of carbonyl (C=O) groups is 1. The molecule has 0 saturated carbocycles. The normalized spacial score (nSPS) is 9.95. The van der Waals surface area contributed by atoms with Gasteiger partial charge in [0.1, 0.15) is 18.2 Å². The van der Waals surface area contributed by atoms with Crippen LogP contribution in [0.3, 0.4) is 0 Å². The van der Waals surface area contributed by atoms with Gasteiger partial charge in [0.15, 0.2) is 0 Å². The summed E-state index contributed by atoms with van der Waals surface area (Å²) in [6.07, 6.45) is 1.66. The molecule has 0 aliphatic heterocycles. The van der Waals surface area contributed by atoms with Gasteiger partial charge in [-0.15, -0.1) is 0 Å². The Labute approximate surface area is 123 Å². The summed E-state index contributed by atoms with van der Waals surface area (Å²) < 4.78 is 18.8. The van der Waals surface area contributed by atoms with Gasteiger partial charge in [-0.3, -0.25) is 4.79 Å². The number of amides is 1. The summed E-state index contributed by atoms with van der Waals surface area (Å²) in [5.41, 5.74) is 1.02. The molecule has 1 amide bonds. The molecule has 0 radical (unpaired) electrons. The number of carbonyl (C=O) groups excluding carboxylic acids is 1. The lowest BCUT2D eigenvalue weighted by atomic mass is 10.1. The Morgan fingerprint density at radius 3 is 2.57 bits per heavy atom. The minimum absolute atomic E-state index is 0.00138. The van der Waals surface area contributed by atoms with Crippen LogP contribution in [0, 0.1) is 5.82 Å². The van der Waals surface area contributed by atoms with Crippen molar-refractivity contribution < 1.29 is 13.9 Å². The van der Waals surface area contributed by atoms with Crippen molar-refractivity contribution in [3.63, 3.8) is 0 Å². The van der Waals surface area contributed by atoms with E-state index in [0.717, 1.165) is 0 Å². The van der Waals surface area contributed by atoms with Gasteiger partial charge in [0, 0.05) is 5.69 Å². The van der Waals surface area contributed by atoms with Crippen molar-refractivity contribution in [1.29, 1.82) is 0 Å². The number of anilines is 1. The maximum atomic E-state index is 13.5. The fraction of sp³-hybridized carbons (Fsp3) is 0.118. The lowest BCUT2D eigenvalue weighted by molar-refractivity contribution is -0.115. The third kappa shape index (κ3) is 4.45. The highest BCUT2D eigenvalue weighted by Gasteiger charge is 2.07. The third-order valence-electron chi connectivity index (χ3n) is 2.81. The van der Waals surface area contributed by atoms with E-state index in [1.54, 1.807) is 48.5 Å². The zero-order valence-electron chi connectivity index (χ0n) is 11.5. The Kier molecular flexibility index (Phi) is 5.10. The first-order valence-corrected chi connectivity index (χ1v) is 6.56. The number of hydrogen-bond acceptors (Lipinski definition) is 2. The highest BCUT2D eigenvalue weighted by molar-refractivity contribution is 5.92. The van der Waals surface area contributed by atoms with Crippen LogP contribution in [0.15, 0.2) is 61.2 Å². The topological polar surface area (TPSA) is 38.3 Å². The van der Waals surface area contributed by atoms with Gasteiger partial charge in [0.2, 0.25) is 5.91 Å². The molecule has 21 heavy (non-hydrogen) atoms. The Morgan fingerprint density at radius 2 is 1.90 bits per heavy atom. The molecule has 0 heterocycles. The highest BCUT2D eigenvalue weighted by Crippen LogP contribution is 2.16. The first-order chi connectivity index (χ1) is 10.2. The van der Waals surface area contributed by atoms with E-state index in [9.17, 15) is 9.18 Å². The predicted molar refractivity (Wildman–Crippen MR) is 80.9 cm³/mol. The highest BCUT2D eigenvalue weighted by atomic mass is 19.1. The summed E-state index contributed by atoms with van der Waals surface area (Å²) in [7, 11) is 0. The largest absolute Gasteiger partial charge is 0.490 e. The van der Waals surface area contributed by atoms with Crippen LogP contribution in [0.25, 0.3) is 0 Å². The SMILES string of the molecule is C=CCOc1ccc(NC(=O)Cc2ccccc2F)cc1. The number of rotatable bonds is 6. The van der Waals surface area contributed by atoms with Crippen molar-refractivity contribution in [2.24, 2.45) is 0 Å². The fourth-order valence-corrected chi connectivity index (χ4v) is 1.81. The van der Waals surface area contributed by atoms with E-state index in [4.69, 9.17) is 4.74 Å². The minimum Gasteiger partial charge on any atom is -0.490 e. The van der Waals surface area contributed by atoms with Gasteiger partial charge < -0.3 is 10.1 Å². The molecule has 2 aromatic carbocycles. The summed E-state index contributed by atoms with van der Waals surface area (Å²) in [4.78, 5) is 11.9. The second-order valence-corrected chi connectivity index (χ2v) is 4.44. The Balaban J connectivity index is 1.93. The molecule has 0 aliphatic rings. The van der Waals surface area contributed by atoms with E-state index in [2.05, 4.69) is 11.9 Å². The molecule has 0 bridgehead atoms. The quantitative estimate of drug-likeness (QED) is 0.824. The van der Waals surface area contributed by atoms with E-state index in [1.807, 2.05) is 0 Å². The Bertz CT molecular complexity index is 623. The van der Waals surface area contributed by atoms with Crippen molar-refractivity contribution in [1.82, 2.24) is 0 Å². The second-order valence-electron chi connectivity index (χ2n) is 4.44. The molecule has 2 rings (SSSR count). The molecule has 0 fully saturated rings. The van der Waals surface area contributed by atoms with Gasteiger partial charge in [-0.2, -0.15) is 0 Å². The number of ether oxygens (including phenoxy) is 1. The summed E-state index contributed by atoms with van der Waals surface area (Å²) >= 11 is 0. The molecule has 2 aromatic rings. The smallest absolute Gasteiger partial charge is 0.228 e. The van der Waals surface area contributed by atoms with Gasteiger partial charge in [0.25, 0.3) is 0 Å². The van der Waals surface area contributed by atoms with E-state index < -0.39 is 0 Å². The van der Waals surface area contributed by atoms with E-state index in [-0.39, 0.29) is 18.1 Å². The zero-order chi connectivity index (χ0) is 15.1. The van der Waals surface area contributed by atoms with E-state index in [0.29, 0.717) is 23.6 Å². The molecule has 3 nitrogen and oxygen atoms in total. The first-order valence-electron chi connectivity index (χ1n) is 6.56. The first kappa shape index (κ1) is 14.8. The summed E-state index contributed by atoms with van der Waals surface area (Å²) in [6, 6.07) is 13.2. The van der Waals surface area contributed by atoms with E-state index in [1.165, 1.54) is 6.07 Å². The maximum Gasteiger partial charge on any atom is 0.228 e. The van der Waals surface area contributed by atoms with Crippen molar-refractivity contribution in [2.45, 2.75) is 6.42 Å². The van der Waals surface area contributed by atoms with Gasteiger partial charge in [0.05, 0.1) is 6.42 Å². The van der Waals surface area contributed by atoms with Crippen molar-refractivity contribution >= 4 is 11.6 Å². The van der Waals surface area contributed by atoms with E-state index >= 15 is 0 Å². The predicted octanol–water partition coefficient (Wildman–Crippen LogP) is 3.57. The molecule has 0 saturated heterocycles. The number of benzene rings is 2. The molecule has 4 heteroatoms. The van der Waals surface area contributed by atoms with Gasteiger partial charge in [-0.25, -0.2) is 4.39 Å². The summed E-state index contributed by atoms with van der Waals surface area (Å²) in [5.74, 6) is 0.0580. The van der Waals surface area contributed by atoms with Crippen molar-refractivity contribution in [2.75, 3.05) is 11.9 Å². The molecule has 0 aromatic heterocycles. The average molecular weight is 285 g/mol. The molecule has 1 N–H and O–H groups in total. The molecule has 0 spiro atoms. The van der Waals surface area contributed by atoms with Crippen LogP contribution >= 0.6 is 0 Å². The van der Waals surface area contributed by atoms with Crippen LogP contribution in [0.4, 0.5) is 10.1 Å². The molecule has 0 unspecified atom stereocenters. The lowest BCUT2D eigenvalue weighted by Crippen LogP contribution is -2.15. The summed E-state index contributed by atoms with van der Waals surface area (Å²) in [6.45, 7) is 4.00. The van der Waals surface area contributed by atoms with Crippen LogP contribution in [0.1, 0.15) is 5.56 Å². The average Bonchev–Trinajstić information content (AvgIpc) is 2.49. The van der Waals surface area contributed by atoms with Crippen LogP contribution in [-0.2, 0) is 11.2 Å². The number of halogens is 1. The number of hydrogen-bond donors (Lipinski definition) is 1. The van der Waals surface area contributed by atoms with Crippen LogP contribution in [0.2, 0.25) is 0 Å². The molecule has 108 valence electrons. The molecule has 0 atom stereocenters. The standard InChI is InChI=1S/C17H16FNO2/c1-2-11-21-15-9-7-14(8-10-15)19-17(20)12-13-5-3-4-6-16(13)18/h2-10H,1,11-12H2,(H,19,20). The fourth-order valence-electron chi connectivity index (χ4n) is 1.81. The lowest BCUT2D eigenvalue weighted by Gasteiger charge is -2.07. The minimum atomic E-state index is -0.374. The van der Waals surface area contributed by atoms with Crippen LogP contribution in [-0.4, -0.2) is 12.5 Å². The third-order valence-corrected chi connectivity index (χ3v) is 2.81. The Hall–Kier alpha value is -2.62. The molecular formula is C17H16FNO2. The molecule has 0 aliphatic carbocycles. The van der Waals surface area contributed by atoms with Crippen LogP contribution < -0.4 is 10.1 Å². The second kappa shape index (κ2) is 7.24. The van der Waals surface area contributed by atoms with Crippen molar-refractivity contribution in [3.05, 3.63) is 72.6 Å².